The van der Waals surface area contributed by atoms with E-state index in [2.05, 4.69) is 0 Å². The second-order valence-corrected chi connectivity index (χ2v) is 4.93. The maximum absolute atomic E-state index is 11.8. The van der Waals surface area contributed by atoms with Crippen LogP contribution in [0.25, 0.3) is 0 Å². The Balaban J connectivity index is 2.28. The highest BCUT2D eigenvalue weighted by Gasteiger charge is 2.23. The highest BCUT2D eigenvalue weighted by atomic mass is 32.2. The highest BCUT2D eigenvalue weighted by Crippen LogP contribution is 2.14. The van der Waals surface area contributed by atoms with Crippen molar-refractivity contribution < 1.29 is 19.4 Å². The Bertz CT molecular complexity index is 270. The van der Waals surface area contributed by atoms with Crippen molar-refractivity contribution in [2.24, 2.45) is 0 Å². The number of rotatable bonds is 6. The first-order valence-corrected chi connectivity index (χ1v) is 6.98. The zero-order valence-electron chi connectivity index (χ0n) is 10.1. The largest absolute Gasteiger partial charge is 0.481 e. The van der Waals surface area contributed by atoms with E-state index in [0.29, 0.717) is 13.2 Å². The first kappa shape index (κ1) is 14.3. The molecule has 0 aromatic carbocycles. The molecule has 1 amide bonds. The SMILES string of the molecule is CCOC1CCCN(C(=O)CSCC(=O)O)C1. The smallest absolute Gasteiger partial charge is 0.313 e. The molecule has 0 radical (unpaired) electrons. The third-order valence-corrected chi connectivity index (χ3v) is 3.49. The van der Waals surface area contributed by atoms with Crippen LogP contribution in [0.3, 0.4) is 0 Å². The molecule has 5 nitrogen and oxygen atoms in total. The lowest BCUT2D eigenvalue weighted by Crippen LogP contribution is -2.44. The summed E-state index contributed by atoms with van der Waals surface area (Å²) >= 11 is 1.15. The van der Waals surface area contributed by atoms with Gasteiger partial charge in [-0.3, -0.25) is 9.59 Å². The molecule has 1 unspecified atom stereocenters. The molecule has 0 bridgehead atoms. The molecule has 0 spiro atoms. The van der Waals surface area contributed by atoms with Crippen molar-refractivity contribution in [3.63, 3.8) is 0 Å². The summed E-state index contributed by atoms with van der Waals surface area (Å²) in [6.07, 6.45) is 2.10. The van der Waals surface area contributed by atoms with Gasteiger partial charge < -0.3 is 14.7 Å². The van der Waals surface area contributed by atoms with Crippen LogP contribution in [0.5, 0.6) is 0 Å². The number of hydrogen-bond donors (Lipinski definition) is 1. The Hall–Kier alpha value is -0.750. The van der Waals surface area contributed by atoms with Crippen LogP contribution in [0.15, 0.2) is 0 Å². The van der Waals surface area contributed by atoms with Crippen LogP contribution in [-0.4, -0.2) is 59.2 Å². The van der Waals surface area contributed by atoms with Gasteiger partial charge in [0.25, 0.3) is 0 Å². The number of carboxylic acid groups (broad SMARTS) is 1. The topological polar surface area (TPSA) is 66.8 Å². The average Bonchev–Trinajstić information content (AvgIpc) is 2.29. The molecule has 1 rings (SSSR count). The number of ether oxygens (including phenoxy) is 1. The Labute approximate surface area is 105 Å². The minimum atomic E-state index is -0.881. The number of thioether (sulfide) groups is 1. The van der Waals surface area contributed by atoms with Gasteiger partial charge in [-0.2, -0.15) is 0 Å². The molecule has 0 saturated carbocycles. The summed E-state index contributed by atoms with van der Waals surface area (Å²) in [6, 6.07) is 0. The number of nitrogens with zero attached hydrogens (tertiary/aromatic N) is 1. The maximum Gasteiger partial charge on any atom is 0.313 e. The molecule has 1 atom stereocenters. The number of carbonyl (C=O) groups excluding carboxylic acids is 1. The number of likely N-dealkylation sites (tertiary alicyclic amines) is 1. The summed E-state index contributed by atoms with van der Waals surface area (Å²) < 4.78 is 5.51. The number of piperidine rings is 1. The van der Waals surface area contributed by atoms with Crippen LogP contribution in [0.4, 0.5) is 0 Å². The van der Waals surface area contributed by atoms with Gasteiger partial charge in [0.2, 0.25) is 5.91 Å². The van der Waals surface area contributed by atoms with E-state index in [4.69, 9.17) is 9.84 Å². The minimum Gasteiger partial charge on any atom is -0.481 e. The second kappa shape index (κ2) is 7.55. The summed E-state index contributed by atoms with van der Waals surface area (Å²) in [5.74, 6) is -0.645. The Morgan fingerprint density at radius 1 is 1.47 bits per heavy atom. The van der Waals surface area contributed by atoms with E-state index in [1.54, 1.807) is 4.90 Å². The summed E-state index contributed by atoms with van der Waals surface area (Å²) in [4.78, 5) is 23.9. The Kier molecular flexibility index (Phi) is 6.36. The normalized spacial score (nSPS) is 20.3. The molecule has 98 valence electrons. The summed E-state index contributed by atoms with van der Waals surface area (Å²) in [5.41, 5.74) is 0. The van der Waals surface area contributed by atoms with Crippen molar-refractivity contribution in [2.75, 3.05) is 31.2 Å². The van der Waals surface area contributed by atoms with Crippen LogP contribution < -0.4 is 0 Å². The minimum absolute atomic E-state index is 0.0145. The lowest BCUT2D eigenvalue weighted by molar-refractivity contribution is -0.133. The van der Waals surface area contributed by atoms with Crippen molar-refractivity contribution >= 4 is 23.6 Å². The number of hydrogen-bond acceptors (Lipinski definition) is 4. The quantitative estimate of drug-likeness (QED) is 0.767. The molecule has 0 aliphatic carbocycles. The molecule has 1 heterocycles. The van der Waals surface area contributed by atoms with E-state index in [9.17, 15) is 9.59 Å². The first-order valence-electron chi connectivity index (χ1n) is 5.82. The fourth-order valence-corrected chi connectivity index (χ4v) is 2.49. The number of carbonyl (C=O) groups is 2. The van der Waals surface area contributed by atoms with E-state index < -0.39 is 5.97 Å². The third kappa shape index (κ3) is 5.41. The number of carboxylic acids is 1. The van der Waals surface area contributed by atoms with Gasteiger partial charge in [-0.25, -0.2) is 0 Å². The predicted molar refractivity (Wildman–Crippen MR) is 66.2 cm³/mol. The van der Waals surface area contributed by atoms with E-state index in [0.717, 1.165) is 31.1 Å². The van der Waals surface area contributed by atoms with Crippen molar-refractivity contribution in [2.45, 2.75) is 25.9 Å². The fraction of sp³-hybridized carbons (Fsp3) is 0.818. The predicted octanol–water partition coefficient (Wildman–Crippen LogP) is 0.832. The third-order valence-electron chi connectivity index (χ3n) is 2.58. The zero-order chi connectivity index (χ0) is 12.7. The lowest BCUT2D eigenvalue weighted by atomic mass is 10.1. The summed E-state index contributed by atoms with van der Waals surface area (Å²) in [7, 11) is 0. The molecule has 0 aromatic heterocycles. The van der Waals surface area contributed by atoms with Crippen LogP contribution in [0.1, 0.15) is 19.8 Å². The van der Waals surface area contributed by atoms with E-state index in [1.165, 1.54) is 0 Å². The number of amides is 1. The molecule has 1 fully saturated rings. The van der Waals surface area contributed by atoms with Gasteiger partial charge in [0.15, 0.2) is 0 Å². The van der Waals surface area contributed by atoms with Crippen molar-refractivity contribution in [1.82, 2.24) is 4.90 Å². The molecule has 1 aliphatic rings. The van der Waals surface area contributed by atoms with E-state index in [-0.39, 0.29) is 23.5 Å². The van der Waals surface area contributed by atoms with Crippen LogP contribution in [0.2, 0.25) is 0 Å². The molecule has 0 aromatic rings. The lowest BCUT2D eigenvalue weighted by Gasteiger charge is -2.32. The molecule has 1 aliphatic heterocycles. The Morgan fingerprint density at radius 3 is 2.88 bits per heavy atom. The van der Waals surface area contributed by atoms with Gasteiger partial charge >= 0.3 is 5.97 Å². The maximum atomic E-state index is 11.8. The van der Waals surface area contributed by atoms with E-state index >= 15 is 0 Å². The molecular weight excluding hydrogens is 242 g/mol. The average molecular weight is 261 g/mol. The summed E-state index contributed by atoms with van der Waals surface area (Å²) in [6.45, 7) is 4.01. The number of aliphatic carboxylic acids is 1. The molecule has 17 heavy (non-hydrogen) atoms. The van der Waals surface area contributed by atoms with E-state index in [1.807, 2.05) is 6.92 Å². The van der Waals surface area contributed by atoms with Gasteiger partial charge in [0, 0.05) is 19.7 Å². The molecular formula is C11H19NO4S. The van der Waals surface area contributed by atoms with Gasteiger partial charge in [-0.15, -0.1) is 11.8 Å². The zero-order valence-corrected chi connectivity index (χ0v) is 10.9. The van der Waals surface area contributed by atoms with Crippen molar-refractivity contribution in [3.8, 4) is 0 Å². The first-order chi connectivity index (χ1) is 8.13. The van der Waals surface area contributed by atoms with Gasteiger partial charge in [-0.05, 0) is 19.8 Å². The van der Waals surface area contributed by atoms with Crippen molar-refractivity contribution in [3.05, 3.63) is 0 Å². The van der Waals surface area contributed by atoms with Gasteiger partial charge in [0.1, 0.15) is 0 Å². The molecule has 1 saturated heterocycles. The fourth-order valence-electron chi connectivity index (χ4n) is 1.85. The van der Waals surface area contributed by atoms with Crippen molar-refractivity contribution in [1.29, 1.82) is 0 Å². The van der Waals surface area contributed by atoms with Crippen LogP contribution >= 0.6 is 11.8 Å². The highest BCUT2D eigenvalue weighted by molar-refractivity contribution is 8.00. The van der Waals surface area contributed by atoms with Crippen LogP contribution in [0, 0.1) is 0 Å². The Morgan fingerprint density at radius 2 is 2.24 bits per heavy atom. The standard InChI is InChI=1S/C11H19NO4S/c1-2-16-9-4-3-5-12(6-9)10(13)7-17-8-11(14)15/h9H,2-8H2,1H3,(H,14,15). The summed E-state index contributed by atoms with van der Waals surface area (Å²) in [5, 5.41) is 8.48. The van der Waals surface area contributed by atoms with Gasteiger partial charge in [-0.1, -0.05) is 0 Å². The van der Waals surface area contributed by atoms with Gasteiger partial charge in [0.05, 0.1) is 17.6 Å². The molecule has 1 N–H and O–H groups in total. The monoisotopic (exact) mass is 261 g/mol. The van der Waals surface area contributed by atoms with Crippen LogP contribution in [-0.2, 0) is 14.3 Å². The second-order valence-electron chi connectivity index (χ2n) is 3.95. The molecule has 6 heteroatoms.